The van der Waals surface area contributed by atoms with Crippen molar-refractivity contribution in [1.82, 2.24) is 19.7 Å². The Morgan fingerprint density at radius 3 is 2.38 bits per heavy atom. The van der Waals surface area contributed by atoms with E-state index in [4.69, 9.17) is 9.47 Å². The van der Waals surface area contributed by atoms with Crippen LogP contribution in [0.4, 0.5) is 5.69 Å². The molecule has 1 saturated heterocycles. The van der Waals surface area contributed by atoms with Crippen molar-refractivity contribution in [3.8, 4) is 17.1 Å². The summed E-state index contributed by atoms with van der Waals surface area (Å²) in [6.07, 6.45) is 6.36. The first-order chi connectivity index (χ1) is 23.2. The lowest BCUT2D eigenvalue weighted by atomic mass is 9.87. The lowest BCUT2D eigenvalue weighted by molar-refractivity contribution is -0.134. The van der Waals surface area contributed by atoms with Crippen LogP contribution in [0.3, 0.4) is 0 Å². The molecular weight excluding hydrogens is 619 g/mol. The molecule has 0 atom stereocenters. The first-order valence-electron chi connectivity index (χ1n) is 17.3. The maximum atomic E-state index is 12.7. The SMILES string of the molecule is CCCCCCCOc1cc(Sc2nnc(-c3ccc(C(C)(C)C)cc3)n2C)ccc1CNc1ccc(CC(=O)N2CCOCC2)cc1. The van der Waals surface area contributed by atoms with E-state index in [-0.39, 0.29) is 11.3 Å². The maximum absolute atomic E-state index is 12.7. The average Bonchev–Trinajstić information content (AvgIpc) is 3.45. The van der Waals surface area contributed by atoms with Crippen molar-refractivity contribution in [2.75, 3.05) is 38.2 Å². The standard InChI is InChI=1S/C39H51N5O3S/c1-6-7-8-9-10-23-47-35-27-34(48-38-42-41-37(43(38)5)30-13-16-32(17-14-30)39(2,3)4)20-15-31(35)28-40-33-18-11-29(12-19-33)26-36(45)44-21-24-46-25-22-44/h11-20,27,40H,6-10,21-26,28H2,1-5H3. The van der Waals surface area contributed by atoms with E-state index in [2.05, 4.69) is 90.2 Å². The van der Waals surface area contributed by atoms with Crippen molar-refractivity contribution in [3.05, 3.63) is 83.4 Å². The molecule has 2 heterocycles. The molecule has 0 saturated carbocycles. The zero-order chi connectivity index (χ0) is 33.9. The summed E-state index contributed by atoms with van der Waals surface area (Å²) in [4.78, 5) is 15.6. The Morgan fingerprint density at radius 1 is 0.938 bits per heavy atom. The van der Waals surface area contributed by atoms with E-state index < -0.39 is 0 Å². The summed E-state index contributed by atoms with van der Waals surface area (Å²) >= 11 is 1.59. The zero-order valence-electron chi connectivity index (χ0n) is 29.3. The maximum Gasteiger partial charge on any atom is 0.227 e. The Hall–Kier alpha value is -3.82. The molecule has 1 aliphatic heterocycles. The molecule has 4 aromatic rings. The average molecular weight is 670 g/mol. The van der Waals surface area contributed by atoms with Crippen LogP contribution in [-0.2, 0) is 35.0 Å². The van der Waals surface area contributed by atoms with E-state index in [0.717, 1.165) is 50.4 Å². The summed E-state index contributed by atoms with van der Waals surface area (Å²) < 4.78 is 13.8. The van der Waals surface area contributed by atoms with Crippen LogP contribution in [0.15, 0.2) is 76.8 Å². The van der Waals surface area contributed by atoms with Crippen LogP contribution in [0.25, 0.3) is 11.4 Å². The van der Waals surface area contributed by atoms with E-state index in [1.807, 2.05) is 36.2 Å². The Balaban J connectivity index is 1.24. The predicted octanol–water partition coefficient (Wildman–Crippen LogP) is 8.29. The molecule has 0 unspecified atom stereocenters. The number of amides is 1. The van der Waals surface area contributed by atoms with Gasteiger partial charge in [0.1, 0.15) is 5.75 Å². The van der Waals surface area contributed by atoms with Crippen molar-refractivity contribution in [2.24, 2.45) is 7.05 Å². The zero-order valence-corrected chi connectivity index (χ0v) is 30.1. The molecule has 48 heavy (non-hydrogen) atoms. The number of unbranched alkanes of at least 4 members (excludes halogenated alkanes) is 4. The van der Waals surface area contributed by atoms with Crippen molar-refractivity contribution < 1.29 is 14.3 Å². The van der Waals surface area contributed by atoms with Gasteiger partial charge in [0.25, 0.3) is 0 Å². The molecule has 0 bridgehead atoms. The van der Waals surface area contributed by atoms with Crippen LogP contribution in [0.2, 0.25) is 0 Å². The number of nitrogens with zero attached hydrogens (tertiary/aromatic N) is 4. The Labute approximate surface area is 290 Å². The molecule has 256 valence electrons. The number of ether oxygens (including phenoxy) is 2. The minimum atomic E-state index is 0.103. The minimum absolute atomic E-state index is 0.103. The molecule has 1 aliphatic rings. The van der Waals surface area contributed by atoms with Gasteiger partial charge in [-0.3, -0.25) is 4.79 Å². The number of aromatic nitrogens is 3. The molecule has 3 aromatic carbocycles. The van der Waals surface area contributed by atoms with Crippen LogP contribution < -0.4 is 10.1 Å². The fourth-order valence-electron chi connectivity index (χ4n) is 5.68. The molecule has 0 radical (unpaired) electrons. The second-order valence-electron chi connectivity index (χ2n) is 13.5. The van der Waals surface area contributed by atoms with Crippen LogP contribution in [0, 0.1) is 0 Å². The van der Waals surface area contributed by atoms with Crippen molar-refractivity contribution in [1.29, 1.82) is 0 Å². The molecule has 1 amide bonds. The number of hydrogen-bond acceptors (Lipinski definition) is 7. The smallest absolute Gasteiger partial charge is 0.227 e. The van der Waals surface area contributed by atoms with E-state index in [1.165, 1.54) is 31.2 Å². The molecule has 5 rings (SSSR count). The Morgan fingerprint density at radius 2 is 1.67 bits per heavy atom. The largest absolute Gasteiger partial charge is 0.493 e. The number of nitrogens with one attached hydrogen (secondary N) is 1. The molecule has 0 spiro atoms. The molecule has 8 nitrogen and oxygen atoms in total. The van der Waals surface area contributed by atoms with Gasteiger partial charge < -0.3 is 24.3 Å². The number of hydrogen-bond donors (Lipinski definition) is 1. The highest BCUT2D eigenvalue weighted by Crippen LogP contribution is 2.34. The van der Waals surface area contributed by atoms with Gasteiger partial charge in [0, 0.05) is 48.4 Å². The third-order valence-electron chi connectivity index (χ3n) is 8.75. The summed E-state index contributed by atoms with van der Waals surface area (Å²) in [6, 6.07) is 23.2. The number of morpholine rings is 1. The number of carbonyl (C=O) groups is 1. The second kappa shape index (κ2) is 17.0. The number of anilines is 1. The van der Waals surface area contributed by atoms with Gasteiger partial charge in [-0.15, -0.1) is 10.2 Å². The lowest BCUT2D eigenvalue weighted by Crippen LogP contribution is -2.41. The first kappa shape index (κ1) is 35.5. The van der Waals surface area contributed by atoms with Gasteiger partial charge in [0.05, 0.1) is 26.2 Å². The molecule has 9 heteroatoms. The van der Waals surface area contributed by atoms with Gasteiger partial charge >= 0.3 is 0 Å². The fraction of sp³-hybridized carbons (Fsp3) is 0.462. The summed E-state index contributed by atoms with van der Waals surface area (Å²) in [5.41, 5.74) is 5.56. The number of benzene rings is 3. The van der Waals surface area contributed by atoms with E-state index in [1.54, 1.807) is 11.8 Å². The van der Waals surface area contributed by atoms with Gasteiger partial charge in [0.15, 0.2) is 11.0 Å². The minimum Gasteiger partial charge on any atom is -0.493 e. The highest BCUT2D eigenvalue weighted by molar-refractivity contribution is 7.99. The fourth-order valence-corrected chi connectivity index (χ4v) is 6.50. The molecule has 1 N–H and O–H groups in total. The van der Waals surface area contributed by atoms with Crippen molar-refractivity contribution in [3.63, 3.8) is 0 Å². The molecule has 0 aliphatic carbocycles. The molecule has 1 fully saturated rings. The third kappa shape index (κ3) is 9.86. The van der Waals surface area contributed by atoms with E-state index in [0.29, 0.717) is 45.9 Å². The van der Waals surface area contributed by atoms with Gasteiger partial charge in [-0.2, -0.15) is 0 Å². The van der Waals surface area contributed by atoms with Crippen LogP contribution >= 0.6 is 11.8 Å². The van der Waals surface area contributed by atoms with E-state index in [9.17, 15) is 4.79 Å². The Kier molecular flexibility index (Phi) is 12.6. The summed E-state index contributed by atoms with van der Waals surface area (Å²) in [7, 11) is 2.02. The highest BCUT2D eigenvalue weighted by Gasteiger charge is 2.18. The van der Waals surface area contributed by atoms with Crippen LogP contribution in [0.5, 0.6) is 5.75 Å². The van der Waals surface area contributed by atoms with E-state index >= 15 is 0 Å². The summed E-state index contributed by atoms with van der Waals surface area (Å²) in [5, 5.41) is 13.4. The molecule has 1 aromatic heterocycles. The first-order valence-corrected chi connectivity index (χ1v) is 18.1. The summed E-state index contributed by atoms with van der Waals surface area (Å²) in [5.74, 6) is 1.88. The van der Waals surface area contributed by atoms with Crippen LogP contribution in [-0.4, -0.2) is 58.5 Å². The topological polar surface area (TPSA) is 81.5 Å². The summed E-state index contributed by atoms with van der Waals surface area (Å²) in [6.45, 7) is 12.8. The third-order valence-corrected chi connectivity index (χ3v) is 9.78. The number of carbonyl (C=O) groups excluding carboxylic acids is 1. The van der Waals surface area contributed by atoms with Gasteiger partial charge in [-0.1, -0.05) is 95.8 Å². The normalized spacial score (nSPS) is 13.5. The van der Waals surface area contributed by atoms with Crippen molar-refractivity contribution >= 4 is 23.4 Å². The quantitative estimate of drug-likeness (QED) is 0.128. The van der Waals surface area contributed by atoms with Gasteiger partial charge in [0.2, 0.25) is 5.91 Å². The van der Waals surface area contributed by atoms with Gasteiger partial charge in [-0.05, 0) is 59.0 Å². The van der Waals surface area contributed by atoms with Crippen LogP contribution in [0.1, 0.15) is 76.5 Å². The predicted molar refractivity (Wildman–Crippen MR) is 195 cm³/mol. The highest BCUT2D eigenvalue weighted by atomic mass is 32.2. The molecular formula is C39H51N5O3S. The lowest BCUT2D eigenvalue weighted by Gasteiger charge is -2.26. The second-order valence-corrected chi connectivity index (χ2v) is 14.6. The van der Waals surface area contributed by atoms with Gasteiger partial charge in [-0.25, -0.2) is 0 Å². The Bertz CT molecular complexity index is 1610. The number of rotatable bonds is 15. The van der Waals surface area contributed by atoms with Crippen molar-refractivity contribution in [2.45, 2.75) is 88.2 Å². The monoisotopic (exact) mass is 669 g/mol.